The maximum Gasteiger partial charge on any atom is 0.231 e. The molecule has 1 unspecified atom stereocenters. The Morgan fingerprint density at radius 2 is 1.20 bits per heavy atom. The highest BCUT2D eigenvalue weighted by atomic mass is 16.7. The molecule has 4 aromatic rings. The molecule has 0 fully saturated rings. The van der Waals surface area contributed by atoms with Crippen molar-refractivity contribution < 1.29 is 37.9 Å². The Kier molecular flexibility index (Phi) is 9.57. The molecule has 0 spiro atoms. The van der Waals surface area contributed by atoms with Gasteiger partial charge < -0.3 is 37.9 Å². The van der Waals surface area contributed by atoms with Gasteiger partial charge in [0.25, 0.3) is 0 Å². The van der Waals surface area contributed by atoms with E-state index in [2.05, 4.69) is 60.3 Å². The number of hydrogen-bond donors (Lipinski definition) is 0. The minimum Gasteiger partial charge on any atom is -0.493 e. The number of methoxy groups -OCH3 is 5. The number of fused-ring (bicyclic) bond motifs is 4. The Labute approximate surface area is 294 Å². The molecule has 0 N–H and O–H groups in total. The van der Waals surface area contributed by atoms with E-state index in [1.807, 2.05) is 18.2 Å². The van der Waals surface area contributed by atoms with E-state index in [4.69, 9.17) is 37.9 Å². The zero-order chi connectivity index (χ0) is 34.9. The second-order valence-electron chi connectivity index (χ2n) is 13.1. The lowest BCUT2D eigenvalue weighted by Gasteiger charge is -2.35. The highest BCUT2D eigenvalue weighted by molar-refractivity contribution is 5.62. The summed E-state index contributed by atoms with van der Waals surface area (Å²) in [7, 11) is 12.7. The summed E-state index contributed by atoms with van der Waals surface area (Å²) in [4.78, 5) is 4.78. The molecule has 3 heterocycles. The summed E-state index contributed by atoms with van der Waals surface area (Å²) in [5.74, 6) is 6.23. The average molecular weight is 683 g/mol. The molecule has 0 saturated carbocycles. The lowest BCUT2D eigenvalue weighted by Crippen LogP contribution is -2.33. The van der Waals surface area contributed by atoms with Crippen molar-refractivity contribution in [1.29, 1.82) is 0 Å². The van der Waals surface area contributed by atoms with Crippen LogP contribution >= 0.6 is 0 Å². The molecule has 0 aromatic heterocycles. The van der Waals surface area contributed by atoms with Crippen LogP contribution in [0.1, 0.15) is 45.5 Å². The smallest absolute Gasteiger partial charge is 0.231 e. The largest absolute Gasteiger partial charge is 0.493 e. The van der Waals surface area contributed by atoms with Gasteiger partial charge in [0, 0.05) is 30.7 Å². The van der Waals surface area contributed by atoms with Crippen LogP contribution in [0.5, 0.6) is 51.7 Å². The van der Waals surface area contributed by atoms with E-state index >= 15 is 0 Å². The van der Waals surface area contributed by atoms with Gasteiger partial charge in [0.15, 0.2) is 34.5 Å². The van der Waals surface area contributed by atoms with Crippen molar-refractivity contribution >= 4 is 0 Å². The molecule has 264 valence electrons. The van der Waals surface area contributed by atoms with Crippen LogP contribution in [0.15, 0.2) is 54.6 Å². The van der Waals surface area contributed by atoms with Gasteiger partial charge in [-0.1, -0.05) is 12.1 Å². The first-order chi connectivity index (χ1) is 24.3. The van der Waals surface area contributed by atoms with Gasteiger partial charge in [-0.05, 0) is 110 Å². The minimum absolute atomic E-state index is 0.131. The van der Waals surface area contributed by atoms with E-state index in [-0.39, 0.29) is 18.9 Å². The van der Waals surface area contributed by atoms with E-state index < -0.39 is 0 Å². The van der Waals surface area contributed by atoms with Crippen molar-refractivity contribution in [3.8, 4) is 51.7 Å². The van der Waals surface area contributed by atoms with Crippen LogP contribution in [-0.4, -0.2) is 79.3 Å². The fourth-order valence-electron chi connectivity index (χ4n) is 7.63. The predicted octanol–water partition coefficient (Wildman–Crippen LogP) is 6.79. The third kappa shape index (κ3) is 6.22. The van der Waals surface area contributed by atoms with E-state index in [9.17, 15) is 0 Å². The van der Waals surface area contributed by atoms with Gasteiger partial charge in [-0.15, -0.1) is 0 Å². The van der Waals surface area contributed by atoms with E-state index in [1.54, 1.807) is 35.5 Å². The summed E-state index contributed by atoms with van der Waals surface area (Å²) in [6.45, 7) is 2.10. The molecule has 50 heavy (non-hydrogen) atoms. The number of nitrogens with zero attached hydrogens (tertiary/aromatic N) is 2. The lowest BCUT2D eigenvalue weighted by molar-refractivity contribution is 0.169. The fourth-order valence-corrected chi connectivity index (χ4v) is 7.63. The van der Waals surface area contributed by atoms with Gasteiger partial charge in [0.2, 0.25) is 18.3 Å². The summed E-state index contributed by atoms with van der Waals surface area (Å²) in [5.41, 5.74) is 7.21. The quantitative estimate of drug-likeness (QED) is 0.169. The number of benzene rings is 4. The number of rotatable bonds is 11. The standard InChI is InChI=1S/C40H46N2O8/c1-41-14-12-26-20-33(43-3)34(44-4)21-29(26)31(41)17-25-18-35(45-5)39(47-7)37(19-25)50-27-10-8-24(9-11-27)16-32-30-22-36(46-6)40-38(48-23-49-40)28(30)13-15-42(32)2/h8-11,18-22,31-32H,12-17,23H2,1-7H3/t31?,32-/m1/s1. The molecule has 2 atom stereocenters. The van der Waals surface area contributed by atoms with Gasteiger partial charge in [-0.3, -0.25) is 9.80 Å². The Hall–Kier alpha value is -4.80. The van der Waals surface area contributed by atoms with Crippen LogP contribution in [0.3, 0.4) is 0 Å². The first-order valence-corrected chi connectivity index (χ1v) is 17.0. The SMILES string of the molecule is COc1cc2c(cc1OC)C(Cc1cc(OC)c(OC)c(Oc3ccc(C[C@@H]4c5cc(OC)c6c(c5CCN4C)OCO6)cc3)c1)N(C)CC2. The third-order valence-electron chi connectivity index (χ3n) is 10.4. The maximum absolute atomic E-state index is 6.53. The summed E-state index contributed by atoms with van der Waals surface area (Å²) in [6.07, 6.45) is 3.42. The molecule has 10 nitrogen and oxygen atoms in total. The molecular weight excluding hydrogens is 636 g/mol. The summed E-state index contributed by atoms with van der Waals surface area (Å²) in [5, 5.41) is 0. The van der Waals surface area contributed by atoms with Crippen LogP contribution in [0.2, 0.25) is 0 Å². The second kappa shape index (κ2) is 14.2. The Morgan fingerprint density at radius 3 is 1.90 bits per heavy atom. The van der Waals surface area contributed by atoms with Gasteiger partial charge in [-0.25, -0.2) is 0 Å². The third-order valence-corrected chi connectivity index (χ3v) is 10.4. The van der Waals surface area contributed by atoms with Crippen molar-refractivity contribution in [3.63, 3.8) is 0 Å². The van der Waals surface area contributed by atoms with Crippen molar-refractivity contribution in [1.82, 2.24) is 9.80 Å². The fraction of sp³-hybridized carbons (Fsp3) is 0.400. The van der Waals surface area contributed by atoms with Gasteiger partial charge in [0.1, 0.15) is 5.75 Å². The van der Waals surface area contributed by atoms with Crippen molar-refractivity contribution in [2.24, 2.45) is 0 Å². The normalized spacial score (nSPS) is 18.2. The van der Waals surface area contributed by atoms with Gasteiger partial charge in [0.05, 0.1) is 35.5 Å². The van der Waals surface area contributed by atoms with Crippen molar-refractivity contribution in [2.45, 2.75) is 37.8 Å². The molecule has 3 aliphatic rings. The van der Waals surface area contributed by atoms with Crippen molar-refractivity contribution in [3.05, 3.63) is 88.0 Å². The molecule has 4 aromatic carbocycles. The summed E-state index contributed by atoms with van der Waals surface area (Å²) < 4.78 is 46.7. The van der Waals surface area contributed by atoms with Crippen LogP contribution in [0.25, 0.3) is 0 Å². The Bertz CT molecular complexity index is 1860. The monoisotopic (exact) mass is 682 g/mol. The van der Waals surface area contributed by atoms with Crippen LogP contribution in [0, 0.1) is 0 Å². The highest BCUT2D eigenvalue weighted by Gasteiger charge is 2.34. The van der Waals surface area contributed by atoms with E-state index in [0.717, 1.165) is 61.6 Å². The predicted molar refractivity (Wildman–Crippen MR) is 190 cm³/mol. The molecule has 0 amide bonds. The molecular formula is C40H46N2O8. The van der Waals surface area contributed by atoms with E-state index in [0.29, 0.717) is 34.5 Å². The number of hydrogen-bond acceptors (Lipinski definition) is 10. The summed E-state index contributed by atoms with van der Waals surface area (Å²) in [6, 6.07) is 19.0. The minimum atomic E-state index is 0.131. The number of ether oxygens (including phenoxy) is 8. The average Bonchev–Trinajstić information content (AvgIpc) is 3.64. The van der Waals surface area contributed by atoms with Crippen LogP contribution < -0.4 is 37.9 Å². The zero-order valence-electron chi connectivity index (χ0n) is 30.0. The molecule has 0 saturated heterocycles. The highest BCUT2D eigenvalue weighted by Crippen LogP contribution is 2.50. The second-order valence-corrected chi connectivity index (χ2v) is 13.1. The van der Waals surface area contributed by atoms with Crippen molar-refractivity contribution in [2.75, 3.05) is 69.5 Å². The van der Waals surface area contributed by atoms with Gasteiger partial charge >= 0.3 is 0 Å². The Balaban J connectivity index is 1.13. The molecule has 7 rings (SSSR count). The number of likely N-dealkylation sites (N-methyl/N-ethyl adjacent to an activating group) is 2. The van der Waals surface area contributed by atoms with Crippen LogP contribution in [0.4, 0.5) is 0 Å². The first-order valence-electron chi connectivity index (χ1n) is 17.0. The first kappa shape index (κ1) is 33.7. The van der Waals surface area contributed by atoms with E-state index in [1.165, 1.54) is 27.8 Å². The Morgan fingerprint density at radius 1 is 0.600 bits per heavy atom. The molecule has 0 aliphatic carbocycles. The molecule has 0 bridgehead atoms. The molecule has 0 radical (unpaired) electrons. The topological polar surface area (TPSA) is 80.3 Å². The molecule has 3 aliphatic heterocycles. The molecule has 10 heteroatoms. The maximum atomic E-state index is 6.53. The van der Waals surface area contributed by atoms with Gasteiger partial charge in [-0.2, -0.15) is 0 Å². The van der Waals surface area contributed by atoms with Crippen LogP contribution in [-0.2, 0) is 25.7 Å². The zero-order valence-corrected chi connectivity index (χ0v) is 30.0. The summed E-state index contributed by atoms with van der Waals surface area (Å²) >= 11 is 0. The lowest BCUT2D eigenvalue weighted by atomic mass is 9.88.